The van der Waals surface area contributed by atoms with E-state index in [1.807, 2.05) is 43.3 Å². The lowest BCUT2D eigenvalue weighted by atomic mass is 10.1. The Kier molecular flexibility index (Phi) is 4.94. The first kappa shape index (κ1) is 15.3. The number of phenols is 1. The molecule has 1 amide bonds. The quantitative estimate of drug-likeness (QED) is 0.671. The van der Waals surface area contributed by atoms with Crippen LogP contribution in [0.15, 0.2) is 60.2 Å². The lowest BCUT2D eigenvalue weighted by Crippen LogP contribution is -2.27. The summed E-state index contributed by atoms with van der Waals surface area (Å²) >= 11 is 0. The maximum Gasteiger partial charge on any atom is 0.262 e. The van der Waals surface area contributed by atoms with E-state index in [1.54, 1.807) is 12.1 Å². The number of carbonyl (C=O) groups excluding carboxylic acids is 1. The van der Waals surface area contributed by atoms with E-state index in [4.69, 9.17) is 5.26 Å². The summed E-state index contributed by atoms with van der Waals surface area (Å²) < 4.78 is 0. The first-order chi connectivity index (χ1) is 10.6. The average Bonchev–Trinajstić information content (AvgIpc) is 2.55. The van der Waals surface area contributed by atoms with E-state index in [0.29, 0.717) is 5.56 Å². The third-order valence-corrected chi connectivity index (χ3v) is 3.22. The molecule has 2 aromatic carbocycles. The molecule has 0 aromatic heterocycles. The minimum atomic E-state index is -0.424. The van der Waals surface area contributed by atoms with Gasteiger partial charge in [-0.15, -0.1) is 0 Å². The molecule has 22 heavy (non-hydrogen) atoms. The molecule has 0 heterocycles. The number of hydrogen-bond donors (Lipinski definition) is 2. The molecular weight excluding hydrogens is 276 g/mol. The molecule has 2 aromatic rings. The van der Waals surface area contributed by atoms with Crippen molar-refractivity contribution in [3.05, 3.63) is 71.3 Å². The van der Waals surface area contributed by atoms with Crippen molar-refractivity contribution in [2.75, 3.05) is 0 Å². The van der Waals surface area contributed by atoms with Crippen LogP contribution in [-0.2, 0) is 4.79 Å². The van der Waals surface area contributed by atoms with Gasteiger partial charge in [0.15, 0.2) is 0 Å². The molecule has 110 valence electrons. The molecule has 0 aliphatic carbocycles. The van der Waals surface area contributed by atoms with Gasteiger partial charge in [-0.05, 0) is 36.3 Å². The molecule has 0 fully saturated rings. The molecule has 0 saturated heterocycles. The SMILES string of the molecule is C[C@@H](NC(=O)/C(C#N)=C/c1ccc(O)cc1)c1ccccc1. The first-order valence-corrected chi connectivity index (χ1v) is 6.87. The predicted octanol–water partition coefficient (Wildman–Crippen LogP) is 3.18. The van der Waals surface area contributed by atoms with Crippen LogP contribution in [0.4, 0.5) is 0 Å². The zero-order valence-corrected chi connectivity index (χ0v) is 12.2. The number of carbonyl (C=O) groups is 1. The lowest BCUT2D eigenvalue weighted by Gasteiger charge is -2.13. The number of benzene rings is 2. The largest absolute Gasteiger partial charge is 0.508 e. The van der Waals surface area contributed by atoms with E-state index in [-0.39, 0.29) is 17.4 Å². The van der Waals surface area contributed by atoms with E-state index < -0.39 is 5.91 Å². The van der Waals surface area contributed by atoms with Gasteiger partial charge in [0.05, 0.1) is 6.04 Å². The molecule has 0 aliphatic heterocycles. The summed E-state index contributed by atoms with van der Waals surface area (Å²) in [7, 11) is 0. The third-order valence-electron chi connectivity index (χ3n) is 3.22. The molecular formula is C18H16N2O2. The van der Waals surface area contributed by atoms with Gasteiger partial charge in [-0.2, -0.15) is 5.26 Å². The molecule has 0 saturated carbocycles. The number of nitriles is 1. The van der Waals surface area contributed by atoms with Crippen LogP contribution >= 0.6 is 0 Å². The maximum absolute atomic E-state index is 12.2. The van der Waals surface area contributed by atoms with Crippen molar-refractivity contribution < 1.29 is 9.90 Å². The topological polar surface area (TPSA) is 73.1 Å². The van der Waals surface area contributed by atoms with Crippen molar-refractivity contribution in [2.24, 2.45) is 0 Å². The summed E-state index contributed by atoms with van der Waals surface area (Å²) in [4.78, 5) is 12.2. The molecule has 0 unspecified atom stereocenters. The normalized spacial score (nSPS) is 12.3. The van der Waals surface area contributed by atoms with Crippen LogP contribution in [0.25, 0.3) is 6.08 Å². The third kappa shape index (κ3) is 3.97. The zero-order valence-electron chi connectivity index (χ0n) is 12.2. The second-order valence-electron chi connectivity index (χ2n) is 4.87. The van der Waals surface area contributed by atoms with Gasteiger partial charge in [-0.3, -0.25) is 4.79 Å². The van der Waals surface area contributed by atoms with Crippen LogP contribution in [-0.4, -0.2) is 11.0 Å². The number of amides is 1. The fraction of sp³-hybridized carbons (Fsp3) is 0.111. The van der Waals surface area contributed by atoms with Crippen molar-refractivity contribution in [3.8, 4) is 11.8 Å². The second-order valence-corrected chi connectivity index (χ2v) is 4.87. The summed E-state index contributed by atoms with van der Waals surface area (Å²) in [6.45, 7) is 1.86. The number of hydrogen-bond acceptors (Lipinski definition) is 3. The smallest absolute Gasteiger partial charge is 0.262 e. The first-order valence-electron chi connectivity index (χ1n) is 6.87. The van der Waals surface area contributed by atoms with E-state index in [2.05, 4.69) is 5.32 Å². The molecule has 2 rings (SSSR count). The summed E-state index contributed by atoms with van der Waals surface area (Å²) in [6, 6.07) is 17.5. The zero-order chi connectivity index (χ0) is 15.9. The van der Waals surface area contributed by atoms with Crippen molar-refractivity contribution in [2.45, 2.75) is 13.0 Å². The van der Waals surface area contributed by atoms with Crippen molar-refractivity contribution in [3.63, 3.8) is 0 Å². The molecule has 0 bridgehead atoms. The Labute approximate surface area is 129 Å². The van der Waals surface area contributed by atoms with E-state index in [9.17, 15) is 9.90 Å². The van der Waals surface area contributed by atoms with Crippen molar-refractivity contribution in [1.29, 1.82) is 5.26 Å². The number of nitrogens with one attached hydrogen (secondary N) is 1. The van der Waals surface area contributed by atoms with Gasteiger partial charge in [0.25, 0.3) is 5.91 Å². The maximum atomic E-state index is 12.2. The summed E-state index contributed by atoms with van der Waals surface area (Å²) in [6.07, 6.45) is 1.49. The predicted molar refractivity (Wildman–Crippen MR) is 84.7 cm³/mol. The van der Waals surface area contributed by atoms with Gasteiger partial charge in [0.2, 0.25) is 0 Å². The highest BCUT2D eigenvalue weighted by Crippen LogP contribution is 2.15. The number of aromatic hydroxyl groups is 1. The molecule has 4 heteroatoms. The Morgan fingerprint density at radius 3 is 2.41 bits per heavy atom. The molecule has 0 radical (unpaired) electrons. The van der Waals surface area contributed by atoms with Gasteiger partial charge in [-0.25, -0.2) is 0 Å². The molecule has 1 atom stereocenters. The summed E-state index contributed by atoms with van der Waals surface area (Å²) in [5.41, 5.74) is 1.67. The Balaban J connectivity index is 2.12. The summed E-state index contributed by atoms with van der Waals surface area (Å²) in [5.74, 6) is -0.287. The van der Waals surface area contributed by atoms with Crippen LogP contribution in [0.1, 0.15) is 24.1 Å². The van der Waals surface area contributed by atoms with Gasteiger partial charge in [-0.1, -0.05) is 42.5 Å². The van der Waals surface area contributed by atoms with E-state index in [1.165, 1.54) is 18.2 Å². The Morgan fingerprint density at radius 2 is 1.82 bits per heavy atom. The van der Waals surface area contributed by atoms with Gasteiger partial charge < -0.3 is 10.4 Å². The molecule has 0 aliphatic rings. The Morgan fingerprint density at radius 1 is 1.18 bits per heavy atom. The molecule has 0 spiro atoms. The van der Waals surface area contributed by atoms with Crippen LogP contribution in [0.2, 0.25) is 0 Å². The average molecular weight is 292 g/mol. The fourth-order valence-electron chi connectivity index (χ4n) is 1.99. The lowest BCUT2D eigenvalue weighted by molar-refractivity contribution is -0.117. The van der Waals surface area contributed by atoms with E-state index >= 15 is 0 Å². The van der Waals surface area contributed by atoms with Crippen molar-refractivity contribution in [1.82, 2.24) is 5.32 Å². The van der Waals surface area contributed by atoms with Gasteiger partial charge in [0.1, 0.15) is 17.4 Å². The van der Waals surface area contributed by atoms with Crippen molar-refractivity contribution >= 4 is 12.0 Å². The van der Waals surface area contributed by atoms with Crippen LogP contribution < -0.4 is 5.32 Å². The Hall–Kier alpha value is -3.06. The minimum Gasteiger partial charge on any atom is -0.508 e. The fourth-order valence-corrected chi connectivity index (χ4v) is 1.99. The molecule has 2 N–H and O–H groups in total. The number of phenolic OH excluding ortho intramolecular Hbond substituents is 1. The monoisotopic (exact) mass is 292 g/mol. The van der Waals surface area contributed by atoms with Crippen LogP contribution in [0.3, 0.4) is 0 Å². The second kappa shape index (κ2) is 7.09. The molecule has 4 nitrogen and oxygen atoms in total. The van der Waals surface area contributed by atoms with Crippen LogP contribution in [0.5, 0.6) is 5.75 Å². The summed E-state index contributed by atoms with van der Waals surface area (Å²) in [5, 5.41) is 21.2. The highest BCUT2D eigenvalue weighted by Gasteiger charge is 2.13. The van der Waals surface area contributed by atoms with Gasteiger partial charge in [0, 0.05) is 0 Å². The highest BCUT2D eigenvalue weighted by atomic mass is 16.3. The minimum absolute atomic E-state index is 0.0217. The highest BCUT2D eigenvalue weighted by molar-refractivity contribution is 6.01. The van der Waals surface area contributed by atoms with Crippen LogP contribution in [0, 0.1) is 11.3 Å². The van der Waals surface area contributed by atoms with E-state index in [0.717, 1.165) is 5.56 Å². The standard InChI is InChI=1S/C18H16N2O2/c1-13(15-5-3-2-4-6-15)20-18(22)16(12-19)11-14-7-9-17(21)10-8-14/h2-11,13,21H,1H3,(H,20,22)/b16-11+/t13-/m1/s1. The number of rotatable bonds is 4. The Bertz CT molecular complexity index is 713. The number of nitrogens with zero attached hydrogens (tertiary/aromatic N) is 1. The van der Waals surface area contributed by atoms with Gasteiger partial charge >= 0.3 is 0 Å².